The molecule has 1 aliphatic heterocycles. The summed E-state index contributed by atoms with van der Waals surface area (Å²) < 4.78 is 1.63. The summed E-state index contributed by atoms with van der Waals surface area (Å²) in [6, 6.07) is 15.2. The molecular formula is C24H23N7O2. The lowest BCUT2D eigenvalue weighted by molar-refractivity contribution is -0.124. The number of fused-ring (bicyclic) bond motifs is 1. The number of benzene rings is 1. The second-order valence-electron chi connectivity index (χ2n) is 7.55. The predicted molar refractivity (Wildman–Crippen MR) is 123 cm³/mol. The van der Waals surface area contributed by atoms with Crippen LogP contribution in [-0.2, 0) is 16.1 Å². The van der Waals surface area contributed by atoms with Gasteiger partial charge in [0.1, 0.15) is 17.5 Å². The molecule has 2 aromatic heterocycles. The summed E-state index contributed by atoms with van der Waals surface area (Å²) in [4.78, 5) is 33.3. The van der Waals surface area contributed by atoms with Gasteiger partial charge in [-0.05, 0) is 24.3 Å². The van der Waals surface area contributed by atoms with Crippen LogP contribution >= 0.6 is 0 Å². The molecule has 0 radical (unpaired) electrons. The fourth-order valence-electron chi connectivity index (χ4n) is 3.86. The van der Waals surface area contributed by atoms with E-state index < -0.39 is 0 Å². The topological polar surface area (TPSA) is 107 Å². The first-order valence-electron chi connectivity index (χ1n) is 10.5. The highest BCUT2D eigenvalue weighted by atomic mass is 16.2. The molecule has 9 nitrogen and oxygen atoms in total. The van der Waals surface area contributed by atoms with Crippen molar-refractivity contribution in [3.63, 3.8) is 0 Å². The Balaban J connectivity index is 1.40. The van der Waals surface area contributed by atoms with Gasteiger partial charge in [0.2, 0.25) is 5.91 Å². The van der Waals surface area contributed by atoms with Crippen molar-refractivity contribution in [2.24, 2.45) is 0 Å². The summed E-state index contributed by atoms with van der Waals surface area (Å²) in [5, 5.41) is 16.7. The number of hydrogen-bond donors (Lipinski definition) is 1. The molecule has 0 spiro atoms. The second-order valence-corrected chi connectivity index (χ2v) is 7.55. The molecule has 0 atom stereocenters. The molecule has 4 rings (SSSR count). The number of Topliss-reactive ketones (excluding diaryl/α,β-unsaturated/α-hetero) is 1. The molecule has 0 unspecified atom stereocenters. The predicted octanol–water partition coefficient (Wildman–Crippen LogP) is 2.55. The van der Waals surface area contributed by atoms with Gasteiger partial charge in [-0.2, -0.15) is 10.4 Å². The van der Waals surface area contributed by atoms with Crippen LogP contribution < -0.4 is 15.1 Å². The Morgan fingerprint density at radius 1 is 1.00 bits per heavy atom. The molecule has 1 aromatic carbocycles. The number of ketones is 1. The highest BCUT2D eigenvalue weighted by Crippen LogP contribution is 2.40. The molecule has 1 aliphatic rings. The van der Waals surface area contributed by atoms with Gasteiger partial charge in [0.25, 0.3) is 0 Å². The number of para-hydroxylation sites is 2. The third-order valence-corrected chi connectivity index (χ3v) is 5.50. The Labute approximate surface area is 191 Å². The van der Waals surface area contributed by atoms with Crippen molar-refractivity contribution in [1.29, 1.82) is 5.26 Å². The van der Waals surface area contributed by atoms with Crippen LogP contribution in [0, 0.1) is 11.3 Å². The number of nitrogens with one attached hydrogen (secondary N) is 1. The van der Waals surface area contributed by atoms with Gasteiger partial charge in [-0.25, -0.2) is 9.67 Å². The SMILES string of the molecule is CN1C(=C(C#N)C(=O)CCC(=O)NCc2cccnc2-n2cccn2)N(C)c2ccccc21. The van der Waals surface area contributed by atoms with Crippen molar-refractivity contribution in [3.05, 3.63) is 78.0 Å². The van der Waals surface area contributed by atoms with Crippen molar-refractivity contribution in [2.45, 2.75) is 19.4 Å². The van der Waals surface area contributed by atoms with Gasteiger partial charge >= 0.3 is 0 Å². The highest BCUT2D eigenvalue weighted by Gasteiger charge is 2.31. The van der Waals surface area contributed by atoms with E-state index in [4.69, 9.17) is 0 Å². The molecule has 1 N–H and O–H groups in total. The van der Waals surface area contributed by atoms with Crippen LogP contribution in [0.4, 0.5) is 11.4 Å². The van der Waals surface area contributed by atoms with Crippen LogP contribution in [0.5, 0.6) is 0 Å². The van der Waals surface area contributed by atoms with E-state index in [0.29, 0.717) is 11.6 Å². The minimum atomic E-state index is -0.368. The number of allylic oxidation sites excluding steroid dienone is 1. The number of rotatable bonds is 7. The summed E-state index contributed by atoms with van der Waals surface area (Å²) >= 11 is 0. The minimum absolute atomic E-state index is 0.0188. The second kappa shape index (κ2) is 9.36. The lowest BCUT2D eigenvalue weighted by atomic mass is 10.1. The maximum absolute atomic E-state index is 12.9. The number of anilines is 2. The molecule has 9 heteroatoms. The summed E-state index contributed by atoms with van der Waals surface area (Å²) in [7, 11) is 3.64. The molecular weight excluding hydrogens is 418 g/mol. The van der Waals surface area contributed by atoms with Gasteiger partial charge < -0.3 is 15.1 Å². The Bertz CT molecular complexity index is 1230. The Kier molecular flexibility index (Phi) is 6.17. The zero-order valence-corrected chi connectivity index (χ0v) is 18.4. The van der Waals surface area contributed by atoms with Gasteiger partial charge in [0.05, 0.1) is 11.4 Å². The monoisotopic (exact) mass is 441 g/mol. The maximum atomic E-state index is 12.9. The quantitative estimate of drug-likeness (QED) is 0.443. The average molecular weight is 441 g/mol. The molecule has 1 amide bonds. The van der Waals surface area contributed by atoms with Crippen LogP contribution in [0.3, 0.4) is 0 Å². The number of nitriles is 1. The van der Waals surface area contributed by atoms with Crippen LogP contribution in [0.2, 0.25) is 0 Å². The van der Waals surface area contributed by atoms with E-state index in [1.54, 1.807) is 35.4 Å². The summed E-state index contributed by atoms with van der Waals surface area (Å²) in [6.45, 7) is 0.253. The lowest BCUT2D eigenvalue weighted by Crippen LogP contribution is -2.27. The fraction of sp³-hybridized carbons (Fsp3) is 0.208. The standard InChI is InChI=1S/C24H23N7O2/c1-29-19-8-3-4-9-20(19)30(2)24(29)18(15-25)21(32)10-11-22(33)27-16-17-7-5-12-26-23(17)31-14-6-13-28-31/h3-9,12-14H,10-11,16H2,1-2H3,(H,27,33). The summed E-state index contributed by atoms with van der Waals surface area (Å²) in [5.41, 5.74) is 2.67. The van der Waals surface area contributed by atoms with Gasteiger partial charge in [0.15, 0.2) is 11.6 Å². The van der Waals surface area contributed by atoms with E-state index in [0.717, 1.165) is 16.9 Å². The fourth-order valence-corrected chi connectivity index (χ4v) is 3.86. The van der Waals surface area contributed by atoms with Crippen molar-refractivity contribution < 1.29 is 9.59 Å². The van der Waals surface area contributed by atoms with Crippen LogP contribution in [0.15, 0.2) is 72.4 Å². The number of aromatic nitrogens is 3. The zero-order chi connectivity index (χ0) is 23.4. The first-order chi connectivity index (χ1) is 16.0. The van der Waals surface area contributed by atoms with Crippen molar-refractivity contribution >= 4 is 23.1 Å². The molecule has 3 aromatic rings. The Morgan fingerprint density at radius 3 is 2.36 bits per heavy atom. The summed E-state index contributed by atoms with van der Waals surface area (Å²) in [6.07, 6.45) is 5.01. The minimum Gasteiger partial charge on any atom is -0.352 e. The number of hydrogen-bond acceptors (Lipinski definition) is 7. The van der Waals surface area contributed by atoms with E-state index in [2.05, 4.69) is 15.4 Å². The van der Waals surface area contributed by atoms with Gasteiger partial charge in [0, 0.05) is 57.6 Å². The molecule has 0 bridgehead atoms. The highest BCUT2D eigenvalue weighted by molar-refractivity contribution is 6.03. The number of amides is 1. The normalized spacial score (nSPS) is 12.3. The average Bonchev–Trinajstić information content (AvgIpc) is 3.46. The Hall–Kier alpha value is -4.45. The van der Waals surface area contributed by atoms with E-state index in [1.165, 1.54) is 0 Å². The van der Waals surface area contributed by atoms with Crippen LogP contribution in [-0.4, -0.2) is 40.6 Å². The number of carbonyl (C=O) groups is 2. The van der Waals surface area contributed by atoms with Crippen LogP contribution in [0.25, 0.3) is 5.82 Å². The zero-order valence-electron chi connectivity index (χ0n) is 18.4. The van der Waals surface area contributed by atoms with Crippen LogP contribution in [0.1, 0.15) is 18.4 Å². The van der Waals surface area contributed by atoms with E-state index >= 15 is 0 Å². The number of pyridine rings is 1. The largest absolute Gasteiger partial charge is 0.352 e. The first kappa shape index (κ1) is 21.8. The third kappa shape index (κ3) is 4.32. The maximum Gasteiger partial charge on any atom is 0.220 e. The van der Waals surface area contributed by atoms with Crippen molar-refractivity contribution in [2.75, 3.05) is 23.9 Å². The van der Waals surface area contributed by atoms with Gasteiger partial charge in [-0.15, -0.1) is 0 Å². The molecule has 166 valence electrons. The van der Waals surface area contributed by atoms with Crippen molar-refractivity contribution in [3.8, 4) is 11.9 Å². The van der Waals surface area contributed by atoms with E-state index in [-0.39, 0.29) is 36.6 Å². The summed E-state index contributed by atoms with van der Waals surface area (Å²) in [5.74, 6) is 0.496. The smallest absolute Gasteiger partial charge is 0.220 e. The van der Waals surface area contributed by atoms with Gasteiger partial charge in [-0.1, -0.05) is 18.2 Å². The lowest BCUT2D eigenvalue weighted by Gasteiger charge is -2.19. The molecule has 3 heterocycles. The Morgan fingerprint density at radius 2 is 1.73 bits per heavy atom. The number of carbonyl (C=O) groups excluding carboxylic acids is 2. The third-order valence-electron chi connectivity index (χ3n) is 5.50. The molecule has 33 heavy (non-hydrogen) atoms. The molecule has 0 saturated carbocycles. The van der Waals surface area contributed by atoms with E-state index in [9.17, 15) is 14.9 Å². The first-order valence-corrected chi connectivity index (χ1v) is 10.5. The molecule has 0 aliphatic carbocycles. The van der Waals surface area contributed by atoms with E-state index in [1.807, 2.05) is 60.3 Å². The van der Waals surface area contributed by atoms with Crippen molar-refractivity contribution in [1.82, 2.24) is 20.1 Å². The molecule has 0 saturated heterocycles. The molecule has 0 fully saturated rings. The van der Waals surface area contributed by atoms with Gasteiger partial charge in [-0.3, -0.25) is 9.59 Å². The number of nitrogens with zero attached hydrogens (tertiary/aromatic N) is 6.